The molecule has 0 atom stereocenters. The van der Waals surface area contributed by atoms with Crippen molar-refractivity contribution in [3.05, 3.63) is 31.0 Å². The minimum absolute atomic E-state index is 0.795. The van der Waals surface area contributed by atoms with Gasteiger partial charge in [-0.25, -0.2) is 9.97 Å². The third-order valence-electron chi connectivity index (χ3n) is 2.13. The van der Waals surface area contributed by atoms with Gasteiger partial charge in [-0.2, -0.15) is 5.10 Å². The molecule has 0 aliphatic carbocycles. The van der Waals surface area contributed by atoms with Gasteiger partial charge in [-0.1, -0.05) is 0 Å². The van der Waals surface area contributed by atoms with Crippen molar-refractivity contribution in [3.63, 3.8) is 0 Å². The van der Waals surface area contributed by atoms with E-state index in [1.807, 2.05) is 12.3 Å². The lowest BCUT2D eigenvalue weighted by molar-refractivity contribution is 1.09. The fourth-order valence-corrected chi connectivity index (χ4v) is 1.48. The van der Waals surface area contributed by atoms with Crippen molar-refractivity contribution in [2.75, 3.05) is 0 Å². The first kappa shape index (κ1) is 7.25. The average molecular weight is 185 g/mol. The zero-order valence-electron chi connectivity index (χ0n) is 7.23. The second-order valence-corrected chi connectivity index (χ2v) is 2.95. The van der Waals surface area contributed by atoms with E-state index in [1.54, 1.807) is 18.7 Å². The minimum Gasteiger partial charge on any atom is -0.329 e. The normalized spacial score (nSPS) is 10.9. The number of rotatable bonds is 1. The number of nitrogens with zero attached hydrogens (tertiary/aromatic N) is 3. The number of aromatic amines is 2. The van der Waals surface area contributed by atoms with Crippen molar-refractivity contribution in [2.24, 2.45) is 0 Å². The Morgan fingerprint density at radius 2 is 2.21 bits per heavy atom. The molecule has 0 amide bonds. The van der Waals surface area contributed by atoms with Crippen molar-refractivity contribution >= 4 is 11.2 Å². The van der Waals surface area contributed by atoms with Gasteiger partial charge in [0.2, 0.25) is 0 Å². The molecule has 0 unspecified atom stereocenters. The Hall–Kier alpha value is -2.17. The first-order chi connectivity index (χ1) is 6.95. The van der Waals surface area contributed by atoms with Gasteiger partial charge >= 0.3 is 0 Å². The van der Waals surface area contributed by atoms with Gasteiger partial charge in [0.25, 0.3) is 0 Å². The lowest BCUT2D eigenvalue weighted by Crippen LogP contribution is -1.80. The molecular formula is C9H7N5. The number of hydrogen-bond donors (Lipinski definition) is 2. The molecule has 3 aromatic heterocycles. The van der Waals surface area contributed by atoms with Gasteiger partial charge in [0.15, 0.2) is 5.65 Å². The highest BCUT2D eigenvalue weighted by atomic mass is 15.1. The van der Waals surface area contributed by atoms with Crippen LogP contribution >= 0.6 is 0 Å². The van der Waals surface area contributed by atoms with E-state index in [-0.39, 0.29) is 0 Å². The monoisotopic (exact) mass is 185 g/mol. The number of hydrogen-bond acceptors (Lipinski definition) is 3. The zero-order chi connectivity index (χ0) is 9.38. The highest BCUT2D eigenvalue weighted by Gasteiger charge is 2.06. The van der Waals surface area contributed by atoms with E-state index in [4.69, 9.17) is 0 Å². The zero-order valence-corrected chi connectivity index (χ0v) is 7.23. The summed E-state index contributed by atoms with van der Waals surface area (Å²) in [4.78, 5) is 11.3. The molecule has 0 radical (unpaired) electrons. The predicted molar refractivity (Wildman–Crippen MR) is 51.5 cm³/mol. The predicted octanol–water partition coefficient (Wildman–Crippen LogP) is 1.35. The molecule has 2 N–H and O–H groups in total. The van der Waals surface area contributed by atoms with Gasteiger partial charge in [-0.15, -0.1) is 0 Å². The van der Waals surface area contributed by atoms with Crippen LogP contribution in [-0.4, -0.2) is 25.1 Å². The van der Waals surface area contributed by atoms with Crippen LogP contribution in [0.15, 0.2) is 31.0 Å². The molecule has 0 aliphatic heterocycles. The summed E-state index contributed by atoms with van der Waals surface area (Å²) in [5.41, 5.74) is 3.71. The number of nitrogens with one attached hydrogen (secondary N) is 2. The largest absolute Gasteiger partial charge is 0.329 e. The number of aromatic nitrogens is 5. The summed E-state index contributed by atoms with van der Waals surface area (Å²) in [5.74, 6) is 0. The number of pyridine rings is 1. The molecule has 68 valence electrons. The van der Waals surface area contributed by atoms with Crippen molar-refractivity contribution in [2.45, 2.75) is 0 Å². The van der Waals surface area contributed by atoms with Gasteiger partial charge in [0.05, 0.1) is 12.5 Å². The molecule has 3 aromatic rings. The Balaban J connectivity index is 2.36. The first-order valence-electron chi connectivity index (χ1n) is 4.22. The number of H-pyrrole nitrogens is 2. The second kappa shape index (κ2) is 2.66. The average Bonchev–Trinajstić information content (AvgIpc) is 2.88. The standard InChI is InChI=1S/C9H7N5/c1-2-10-9-8(11-5-12-9)7(1)6-3-13-14-4-6/h1-5H,(H,13,14)(H,10,11,12). The topological polar surface area (TPSA) is 70.2 Å². The van der Waals surface area contributed by atoms with Crippen molar-refractivity contribution < 1.29 is 0 Å². The van der Waals surface area contributed by atoms with E-state index in [0.717, 1.165) is 22.3 Å². The molecule has 0 aromatic carbocycles. The van der Waals surface area contributed by atoms with Crippen LogP contribution in [0.25, 0.3) is 22.3 Å². The highest BCUT2D eigenvalue weighted by molar-refractivity contribution is 5.88. The quantitative estimate of drug-likeness (QED) is 0.601. The van der Waals surface area contributed by atoms with E-state index in [2.05, 4.69) is 25.1 Å². The third kappa shape index (κ3) is 0.922. The molecule has 5 nitrogen and oxygen atoms in total. The Bertz CT molecular complexity index is 551. The summed E-state index contributed by atoms with van der Waals surface area (Å²) >= 11 is 0. The van der Waals surface area contributed by atoms with Crippen LogP contribution in [0.1, 0.15) is 0 Å². The van der Waals surface area contributed by atoms with Gasteiger partial charge in [-0.3, -0.25) is 5.10 Å². The van der Waals surface area contributed by atoms with Crippen molar-refractivity contribution in [3.8, 4) is 11.1 Å². The summed E-state index contributed by atoms with van der Waals surface area (Å²) in [6.45, 7) is 0. The highest BCUT2D eigenvalue weighted by Crippen LogP contribution is 2.23. The van der Waals surface area contributed by atoms with E-state index >= 15 is 0 Å². The van der Waals surface area contributed by atoms with E-state index in [9.17, 15) is 0 Å². The van der Waals surface area contributed by atoms with E-state index < -0.39 is 0 Å². The summed E-state index contributed by atoms with van der Waals surface area (Å²) in [6.07, 6.45) is 7.00. The van der Waals surface area contributed by atoms with Gasteiger partial charge in [0.1, 0.15) is 5.52 Å². The Morgan fingerprint density at radius 3 is 3.07 bits per heavy atom. The minimum atomic E-state index is 0.795. The van der Waals surface area contributed by atoms with Gasteiger partial charge in [-0.05, 0) is 6.07 Å². The van der Waals surface area contributed by atoms with Crippen LogP contribution in [0.5, 0.6) is 0 Å². The molecule has 0 spiro atoms. The molecule has 0 saturated heterocycles. The van der Waals surface area contributed by atoms with Gasteiger partial charge in [0, 0.05) is 23.5 Å². The fourth-order valence-electron chi connectivity index (χ4n) is 1.48. The van der Waals surface area contributed by atoms with Crippen LogP contribution in [0.4, 0.5) is 0 Å². The molecule has 3 heterocycles. The van der Waals surface area contributed by atoms with Crippen LogP contribution in [0.2, 0.25) is 0 Å². The molecule has 3 rings (SSSR count). The second-order valence-electron chi connectivity index (χ2n) is 2.95. The van der Waals surface area contributed by atoms with Crippen LogP contribution in [-0.2, 0) is 0 Å². The van der Waals surface area contributed by atoms with Gasteiger partial charge < -0.3 is 4.98 Å². The number of imidazole rings is 1. The summed E-state index contributed by atoms with van der Waals surface area (Å²) in [7, 11) is 0. The van der Waals surface area contributed by atoms with Crippen molar-refractivity contribution in [1.82, 2.24) is 25.1 Å². The smallest absolute Gasteiger partial charge is 0.157 e. The maximum Gasteiger partial charge on any atom is 0.157 e. The van der Waals surface area contributed by atoms with E-state index in [1.165, 1.54) is 0 Å². The molecule has 5 heteroatoms. The maximum absolute atomic E-state index is 4.21. The lowest BCUT2D eigenvalue weighted by atomic mass is 10.1. The molecule has 0 bridgehead atoms. The molecule has 0 fully saturated rings. The molecule has 0 saturated carbocycles. The van der Waals surface area contributed by atoms with Crippen LogP contribution in [0, 0.1) is 0 Å². The summed E-state index contributed by atoms with van der Waals surface area (Å²) in [5, 5.41) is 6.68. The van der Waals surface area contributed by atoms with E-state index in [0.29, 0.717) is 0 Å². The fraction of sp³-hybridized carbons (Fsp3) is 0. The summed E-state index contributed by atoms with van der Waals surface area (Å²) in [6, 6.07) is 1.92. The lowest BCUT2D eigenvalue weighted by Gasteiger charge is -1.96. The van der Waals surface area contributed by atoms with Crippen LogP contribution in [0.3, 0.4) is 0 Å². The SMILES string of the molecule is c1cc(-c2cn[nH]c2)c2nc[nH]c2n1. The Labute approximate surface area is 79.2 Å². The molecular weight excluding hydrogens is 178 g/mol. The first-order valence-corrected chi connectivity index (χ1v) is 4.22. The van der Waals surface area contributed by atoms with Crippen molar-refractivity contribution in [1.29, 1.82) is 0 Å². The van der Waals surface area contributed by atoms with Crippen LogP contribution < -0.4 is 0 Å². The molecule has 0 aliphatic rings. The summed E-state index contributed by atoms with van der Waals surface area (Å²) < 4.78 is 0. The maximum atomic E-state index is 4.21. The number of fused-ring (bicyclic) bond motifs is 1. The Kier molecular flexibility index (Phi) is 1.38. The Morgan fingerprint density at radius 1 is 1.21 bits per heavy atom. The third-order valence-corrected chi connectivity index (χ3v) is 2.13. The molecule has 14 heavy (non-hydrogen) atoms.